The van der Waals surface area contributed by atoms with Crippen molar-refractivity contribution in [3.8, 4) is 0 Å². The minimum Gasteiger partial charge on any atom is -0.349 e. The van der Waals surface area contributed by atoms with Crippen LogP contribution in [-0.2, 0) is 14.3 Å². The normalized spacial score (nSPS) is 24.4. The number of benzene rings is 3. The van der Waals surface area contributed by atoms with E-state index in [2.05, 4.69) is 0 Å². The molecule has 2 saturated heterocycles. The van der Waals surface area contributed by atoms with Gasteiger partial charge in [-0.3, -0.25) is 19.2 Å². The molecule has 0 bridgehead atoms. The maximum Gasteiger partial charge on any atom is 0.241 e. The molecular formula is C27H17Cl2NO5. The van der Waals surface area contributed by atoms with Crippen LogP contribution in [0.5, 0.6) is 0 Å². The van der Waals surface area contributed by atoms with Gasteiger partial charge in [0, 0.05) is 21.2 Å². The lowest BCUT2D eigenvalue weighted by molar-refractivity contribution is -0.127. The summed E-state index contributed by atoms with van der Waals surface area (Å²) in [5, 5.41) is 0.967. The number of carbonyl (C=O) groups is 4. The molecule has 2 heterocycles. The third kappa shape index (κ3) is 2.88. The Morgan fingerprint density at radius 2 is 1.46 bits per heavy atom. The summed E-state index contributed by atoms with van der Waals surface area (Å²) in [6.45, 7) is 1.76. The fraction of sp³-hybridized carbons (Fsp3) is 0.185. The zero-order valence-corrected chi connectivity index (χ0v) is 19.8. The van der Waals surface area contributed by atoms with Crippen LogP contribution < -0.4 is 4.90 Å². The first-order chi connectivity index (χ1) is 16.8. The van der Waals surface area contributed by atoms with Gasteiger partial charge in [0.25, 0.3) is 0 Å². The Morgan fingerprint density at radius 3 is 2.06 bits per heavy atom. The average molecular weight is 506 g/mol. The van der Waals surface area contributed by atoms with Crippen molar-refractivity contribution in [1.29, 1.82) is 0 Å². The van der Waals surface area contributed by atoms with Crippen LogP contribution >= 0.6 is 23.2 Å². The van der Waals surface area contributed by atoms with E-state index in [1.165, 1.54) is 0 Å². The summed E-state index contributed by atoms with van der Waals surface area (Å²) >= 11 is 12.2. The van der Waals surface area contributed by atoms with E-state index >= 15 is 0 Å². The molecular weight excluding hydrogens is 489 g/mol. The number of aryl methyl sites for hydroxylation is 1. The minimum absolute atomic E-state index is 0.189. The smallest absolute Gasteiger partial charge is 0.241 e. The maximum atomic E-state index is 13.9. The molecule has 6 nitrogen and oxygen atoms in total. The summed E-state index contributed by atoms with van der Waals surface area (Å²) in [6.07, 6.45) is -0.991. The summed E-state index contributed by atoms with van der Waals surface area (Å²) in [5.74, 6) is -4.75. The highest BCUT2D eigenvalue weighted by molar-refractivity contribution is 6.37. The molecule has 2 unspecified atom stereocenters. The molecule has 3 atom stereocenters. The Bertz CT molecular complexity index is 1430. The van der Waals surface area contributed by atoms with Crippen molar-refractivity contribution in [2.75, 3.05) is 4.90 Å². The second-order valence-electron chi connectivity index (χ2n) is 8.98. The van der Waals surface area contributed by atoms with E-state index in [0.29, 0.717) is 26.9 Å². The number of amides is 2. The lowest BCUT2D eigenvalue weighted by Crippen LogP contribution is -2.51. The van der Waals surface area contributed by atoms with Gasteiger partial charge in [-0.2, -0.15) is 0 Å². The molecule has 2 aliphatic heterocycles. The van der Waals surface area contributed by atoms with E-state index in [9.17, 15) is 19.2 Å². The molecule has 0 radical (unpaired) electrons. The first-order valence-electron chi connectivity index (χ1n) is 11.0. The molecule has 0 aromatic heterocycles. The number of nitrogens with zero attached hydrogens (tertiary/aromatic N) is 1. The molecule has 3 aromatic carbocycles. The molecule has 1 aliphatic carbocycles. The summed E-state index contributed by atoms with van der Waals surface area (Å²) in [6, 6.07) is 17.8. The number of halogens is 2. The van der Waals surface area contributed by atoms with Crippen molar-refractivity contribution in [2.45, 2.75) is 18.6 Å². The Labute approximate surface area is 210 Å². The van der Waals surface area contributed by atoms with E-state index in [-0.39, 0.29) is 11.1 Å². The van der Waals surface area contributed by atoms with Crippen molar-refractivity contribution in [3.63, 3.8) is 0 Å². The predicted molar refractivity (Wildman–Crippen MR) is 129 cm³/mol. The van der Waals surface area contributed by atoms with Gasteiger partial charge in [-0.25, -0.2) is 4.90 Å². The Hall–Kier alpha value is -3.32. The van der Waals surface area contributed by atoms with Gasteiger partial charge in [-0.05, 0) is 48.4 Å². The van der Waals surface area contributed by atoms with Gasteiger partial charge in [0.2, 0.25) is 29.0 Å². The third-order valence-corrected chi connectivity index (χ3v) is 7.79. The number of fused-ring (bicyclic) bond motifs is 3. The molecule has 3 aliphatic rings. The number of anilines is 1. The Kier molecular flexibility index (Phi) is 4.81. The van der Waals surface area contributed by atoms with Crippen LogP contribution in [0.25, 0.3) is 0 Å². The number of ketones is 2. The number of carbonyl (C=O) groups excluding carboxylic acids is 4. The van der Waals surface area contributed by atoms with Crippen LogP contribution in [0.4, 0.5) is 5.69 Å². The van der Waals surface area contributed by atoms with Gasteiger partial charge in [-0.15, -0.1) is 0 Å². The van der Waals surface area contributed by atoms with Crippen molar-refractivity contribution in [3.05, 3.63) is 99.0 Å². The maximum absolute atomic E-state index is 13.9. The molecule has 174 valence electrons. The SMILES string of the molecule is Cc1cc(N2C(=O)C3C(C2=O)C2(O[C@H]3c3ccc(Cl)cc3)C(=O)c3ccccc3C2=O)ccc1Cl. The standard InChI is InChI=1S/C27H17Cl2NO5/c1-13-12-16(10-11-19(13)29)30-25(33)20-21(26(30)34)27(35-22(20)14-6-8-15(28)9-7-14)23(31)17-4-2-3-5-18(17)24(27)32/h2-12,20-22H,1H3/t20?,21?,22-/m0/s1. The van der Waals surface area contributed by atoms with E-state index < -0.39 is 46.9 Å². The number of ether oxygens (including phenoxy) is 1. The summed E-state index contributed by atoms with van der Waals surface area (Å²) in [7, 11) is 0. The van der Waals surface area contributed by atoms with Gasteiger partial charge >= 0.3 is 0 Å². The zero-order chi connectivity index (χ0) is 24.6. The van der Waals surface area contributed by atoms with Crippen molar-refractivity contribution in [1.82, 2.24) is 0 Å². The highest BCUT2D eigenvalue weighted by Gasteiger charge is 2.74. The number of rotatable bonds is 2. The lowest BCUT2D eigenvalue weighted by Gasteiger charge is -2.27. The van der Waals surface area contributed by atoms with Crippen molar-refractivity contribution < 1.29 is 23.9 Å². The van der Waals surface area contributed by atoms with Gasteiger partial charge in [0.1, 0.15) is 0 Å². The van der Waals surface area contributed by atoms with Gasteiger partial charge in [-0.1, -0.05) is 59.6 Å². The van der Waals surface area contributed by atoms with Crippen molar-refractivity contribution in [2.24, 2.45) is 11.8 Å². The average Bonchev–Trinajstić information content (AvgIpc) is 3.41. The summed E-state index contributed by atoms with van der Waals surface area (Å²) in [4.78, 5) is 56.2. The zero-order valence-electron chi connectivity index (χ0n) is 18.3. The first kappa shape index (κ1) is 22.2. The quantitative estimate of drug-likeness (QED) is 0.361. The fourth-order valence-corrected chi connectivity index (χ4v) is 5.74. The van der Waals surface area contributed by atoms with E-state index in [0.717, 1.165) is 4.90 Å². The largest absolute Gasteiger partial charge is 0.349 e. The molecule has 0 saturated carbocycles. The second kappa shape index (κ2) is 7.59. The van der Waals surface area contributed by atoms with Crippen LogP contribution in [0.2, 0.25) is 10.0 Å². The highest BCUT2D eigenvalue weighted by atomic mass is 35.5. The number of imide groups is 1. The number of hydrogen-bond acceptors (Lipinski definition) is 5. The van der Waals surface area contributed by atoms with Gasteiger partial charge in [0.05, 0.1) is 23.6 Å². The van der Waals surface area contributed by atoms with Gasteiger partial charge < -0.3 is 4.74 Å². The van der Waals surface area contributed by atoms with Crippen LogP contribution in [0.3, 0.4) is 0 Å². The Morgan fingerprint density at radius 1 is 0.829 bits per heavy atom. The topological polar surface area (TPSA) is 80.8 Å². The van der Waals surface area contributed by atoms with Crippen molar-refractivity contribution >= 4 is 52.3 Å². The molecule has 0 N–H and O–H groups in total. The van der Waals surface area contributed by atoms with Crippen LogP contribution in [0.1, 0.15) is 37.9 Å². The summed E-state index contributed by atoms with van der Waals surface area (Å²) < 4.78 is 6.25. The molecule has 6 rings (SSSR count). The fourth-order valence-electron chi connectivity index (χ4n) is 5.49. The molecule has 1 spiro atoms. The molecule has 2 amide bonds. The molecule has 8 heteroatoms. The second-order valence-corrected chi connectivity index (χ2v) is 9.82. The molecule has 3 aromatic rings. The van der Waals surface area contributed by atoms with Gasteiger partial charge in [0.15, 0.2) is 0 Å². The number of hydrogen-bond donors (Lipinski definition) is 0. The first-order valence-corrected chi connectivity index (χ1v) is 11.8. The lowest BCUT2D eigenvalue weighted by atomic mass is 9.77. The van der Waals surface area contributed by atoms with E-state index in [1.807, 2.05) is 0 Å². The van der Waals surface area contributed by atoms with E-state index in [1.54, 1.807) is 73.7 Å². The Balaban J connectivity index is 1.54. The predicted octanol–water partition coefficient (Wildman–Crippen LogP) is 5.00. The van der Waals surface area contributed by atoms with Crippen LogP contribution in [0.15, 0.2) is 66.7 Å². The van der Waals surface area contributed by atoms with E-state index in [4.69, 9.17) is 27.9 Å². The third-order valence-electron chi connectivity index (χ3n) is 7.12. The minimum atomic E-state index is -2.11. The molecule has 2 fully saturated rings. The monoisotopic (exact) mass is 505 g/mol. The summed E-state index contributed by atoms with van der Waals surface area (Å²) in [5.41, 5.74) is -0.169. The van der Waals surface area contributed by atoms with Crippen LogP contribution in [0, 0.1) is 18.8 Å². The van der Waals surface area contributed by atoms with Crippen LogP contribution in [-0.4, -0.2) is 29.0 Å². The highest BCUT2D eigenvalue weighted by Crippen LogP contribution is 2.57. The number of Topliss-reactive ketones (excluding diaryl/α,β-unsaturated/α-hetero) is 2. The molecule has 35 heavy (non-hydrogen) atoms.